The molecule has 3 rings (SSSR count). The number of sulfone groups is 1. The van der Waals surface area contributed by atoms with Gasteiger partial charge in [-0.05, 0) is 55.8 Å². The van der Waals surface area contributed by atoms with Crippen LogP contribution < -0.4 is 10.2 Å². The minimum atomic E-state index is -2.95. The molecule has 1 fully saturated rings. The van der Waals surface area contributed by atoms with Gasteiger partial charge in [0.25, 0.3) is 5.91 Å². The van der Waals surface area contributed by atoms with Gasteiger partial charge in [-0.15, -0.1) is 0 Å². The fourth-order valence-corrected chi connectivity index (χ4v) is 4.97. The molecule has 7 heteroatoms. The first-order valence-electron chi connectivity index (χ1n) is 8.52. The topological polar surface area (TPSA) is 66.5 Å². The van der Waals surface area contributed by atoms with E-state index in [1.54, 1.807) is 18.2 Å². The number of hydrogen-bond acceptors (Lipinski definition) is 4. The highest BCUT2D eigenvalue weighted by Gasteiger charge is 2.31. The molecule has 2 aromatic carbocycles. The van der Waals surface area contributed by atoms with Gasteiger partial charge in [-0.2, -0.15) is 0 Å². The molecule has 26 heavy (non-hydrogen) atoms. The van der Waals surface area contributed by atoms with E-state index in [4.69, 9.17) is 0 Å². The second kappa shape index (κ2) is 7.45. The molecule has 0 radical (unpaired) electrons. The van der Waals surface area contributed by atoms with Crippen molar-refractivity contribution in [2.45, 2.75) is 19.4 Å². The molecule has 1 atom stereocenters. The number of amides is 1. The van der Waals surface area contributed by atoms with Crippen LogP contribution >= 0.6 is 0 Å². The Bertz CT molecular complexity index is 897. The predicted octanol–water partition coefficient (Wildman–Crippen LogP) is 3.09. The molecule has 0 aliphatic carbocycles. The summed E-state index contributed by atoms with van der Waals surface area (Å²) in [6.45, 7) is 2.69. The number of halogens is 1. The van der Waals surface area contributed by atoms with Crippen molar-refractivity contribution >= 4 is 27.1 Å². The number of carbonyl (C=O) groups excluding carboxylic acids is 1. The largest absolute Gasteiger partial charge is 0.368 e. The molecule has 1 saturated heterocycles. The average molecular weight is 376 g/mol. The Labute approximate surface area is 152 Å². The maximum Gasteiger partial charge on any atom is 0.255 e. The molecule has 138 valence electrons. The summed E-state index contributed by atoms with van der Waals surface area (Å²) in [6.07, 6.45) is 0.633. The van der Waals surface area contributed by atoms with Crippen molar-refractivity contribution in [3.8, 4) is 0 Å². The maximum atomic E-state index is 13.2. The highest BCUT2D eigenvalue weighted by Crippen LogP contribution is 2.25. The van der Waals surface area contributed by atoms with Gasteiger partial charge in [0.1, 0.15) is 5.82 Å². The van der Waals surface area contributed by atoms with Crippen LogP contribution in [0.2, 0.25) is 0 Å². The Kier molecular flexibility index (Phi) is 5.27. The van der Waals surface area contributed by atoms with E-state index in [-0.39, 0.29) is 29.0 Å². The van der Waals surface area contributed by atoms with Crippen LogP contribution in [0.3, 0.4) is 0 Å². The van der Waals surface area contributed by atoms with E-state index in [0.29, 0.717) is 18.7 Å². The van der Waals surface area contributed by atoms with Crippen LogP contribution in [0.5, 0.6) is 0 Å². The lowest BCUT2D eigenvalue weighted by Crippen LogP contribution is -2.36. The fraction of sp³-hybridized carbons (Fsp3) is 0.316. The highest BCUT2D eigenvalue weighted by molar-refractivity contribution is 7.91. The maximum absolute atomic E-state index is 13.2. The minimum Gasteiger partial charge on any atom is -0.368 e. The van der Waals surface area contributed by atoms with Gasteiger partial charge in [0, 0.05) is 29.5 Å². The smallest absolute Gasteiger partial charge is 0.255 e. The summed E-state index contributed by atoms with van der Waals surface area (Å²) in [4.78, 5) is 14.2. The molecule has 0 bridgehead atoms. The summed E-state index contributed by atoms with van der Waals surface area (Å²) in [6, 6.07) is 12.7. The summed E-state index contributed by atoms with van der Waals surface area (Å²) in [7, 11) is -2.95. The van der Waals surface area contributed by atoms with Gasteiger partial charge in [-0.3, -0.25) is 4.79 Å². The molecule has 0 aromatic heterocycles. The molecule has 1 amide bonds. The first kappa shape index (κ1) is 18.4. The van der Waals surface area contributed by atoms with Gasteiger partial charge < -0.3 is 10.2 Å². The molecule has 5 nitrogen and oxygen atoms in total. The number of nitrogens with one attached hydrogen (secondary N) is 1. The minimum absolute atomic E-state index is 0.0160. The standard InChI is InChI=1S/C19H21FN2O3S/c1-2-22(18-10-11-26(24,25)13-18)17-8-6-16(7-9-17)21-19(23)14-4-3-5-15(20)12-14/h3-9,12,18H,2,10-11,13H2,1H3,(H,21,23). The normalized spacial score (nSPS) is 18.5. The molecular weight excluding hydrogens is 355 g/mol. The summed E-state index contributed by atoms with van der Waals surface area (Å²) in [5, 5.41) is 2.73. The summed E-state index contributed by atoms with van der Waals surface area (Å²) in [5.74, 6) is -0.431. The van der Waals surface area contributed by atoms with Crippen molar-refractivity contribution in [3.05, 3.63) is 59.9 Å². The van der Waals surface area contributed by atoms with Gasteiger partial charge >= 0.3 is 0 Å². The zero-order valence-electron chi connectivity index (χ0n) is 14.5. The van der Waals surface area contributed by atoms with Crippen molar-refractivity contribution in [3.63, 3.8) is 0 Å². The quantitative estimate of drug-likeness (QED) is 0.871. The van der Waals surface area contributed by atoms with Crippen LogP contribution in [-0.4, -0.2) is 38.4 Å². The Morgan fingerprint density at radius 2 is 1.96 bits per heavy atom. The number of benzene rings is 2. The number of rotatable bonds is 5. The number of nitrogens with zero attached hydrogens (tertiary/aromatic N) is 1. The molecular formula is C19H21FN2O3S. The number of hydrogen-bond donors (Lipinski definition) is 1. The fourth-order valence-electron chi connectivity index (χ4n) is 3.24. The molecule has 2 aromatic rings. The molecule has 1 unspecified atom stereocenters. The lowest BCUT2D eigenvalue weighted by Gasteiger charge is -2.29. The SMILES string of the molecule is CCN(c1ccc(NC(=O)c2cccc(F)c2)cc1)C1CCS(=O)(=O)C1. The van der Waals surface area contributed by atoms with E-state index in [1.165, 1.54) is 18.2 Å². The Morgan fingerprint density at radius 1 is 1.23 bits per heavy atom. The lowest BCUT2D eigenvalue weighted by atomic mass is 10.1. The molecule has 0 saturated carbocycles. The van der Waals surface area contributed by atoms with Crippen LogP contribution in [0, 0.1) is 5.82 Å². The lowest BCUT2D eigenvalue weighted by molar-refractivity contribution is 0.102. The second-order valence-electron chi connectivity index (χ2n) is 6.35. The molecule has 1 heterocycles. The van der Waals surface area contributed by atoms with Crippen LogP contribution in [0.25, 0.3) is 0 Å². The highest BCUT2D eigenvalue weighted by atomic mass is 32.2. The Hall–Kier alpha value is -2.41. The predicted molar refractivity (Wildman–Crippen MR) is 101 cm³/mol. The van der Waals surface area contributed by atoms with Gasteiger partial charge in [0.05, 0.1) is 11.5 Å². The molecule has 1 N–H and O–H groups in total. The van der Waals surface area contributed by atoms with Crippen molar-refractivity contribution in [2.24, 2.45) is 0 Å². The Balaban J connectivity index is 1.70. The zero-order valence-corrected chi connectivity index (χ0v) is 15.3. The van der Waals surface area contributed by atoms with Gasteiger partial charge in [0.15, 0.2) is 9.84 Å². The zero-order chi connectivity index (χ0) is 18.7. The van der Waals surface area contributed by atoms with E-state index >= 15 is 0 Å². The number of carbonyl (C=O) groups is 1. The third-order valence-electron chi connectivity index (χ3n) is 4.53. The summed E-state index contributed by atoms with van der Waals surface area (Å²) < 4.78 is 36.7. The van der Waals surface area contributed by atoms with Crippen molar-refractivity contribution in [1.82, 2.24) is 0 Å². The summed E-state index contributed by atoms with van der Waals surface area (Å²) >= 11 is 0. The van der Waals surface area contributed by atoms with Gasteiger partial charge in [0.2, 0.25) is 0 Å². The Morgan fingerprint density at radius 3 is 2.54 bits per heavy atom. The first-order valence-corrected chi connectivity index (χ1v) is 10.3. The first-order chi connectivity index (χ1) is 12.4. The van der Waals surface area contributed by atoms with Crippen molar-refractivity contribution < 1.29 is 17.6 Å². The van der Waals surface area contributed by atoms with E-state index in [0.717, 1.165) is 5.69 Å². The second-order valence-corrected chi connectivity index (χ2v) is 8.58. The molecule has 0 spiro atoms. The van der Waals surface area contributed by atoms with Crippen LogP contribution in [0.4, 0.5) is 15.8 Å². The van der Waals surface area contributed by atoms with Crippen LogP contribution in [0.15, 0.2) is 48.5 Å². The monoisotopic (exact) mass is 376 g/mol. The number of anilines is 2. The van der Waals surface area contributed by atoms with Crippen molar-refractivity contribution in [1.29, 1.82) is 0 Å². The van der Waals surface area contributed by atoms with Crippen LogP contribution in [0.1, 0.15) is 23.7 Å². The van der Waals surface area contributed by atoms with E-state index in [2.05, 4.69) is 10.2 Å². The molecule has 1 aliphatic rings. The van der Waals surface area contributed by atoms with Crippen LogP contribution in [-0.2, 0) is 9.84 Å². The van der Waals surface area contributed by atoms with E-state index in [9.17, 15) is 17.6 Å². The summed E-state index contributed by atoms with van der Waals surface area (Å²) in [5.41, 5.74) is 1.76. The third-order valence-corrected chi connectivity index (χ3v) is 6.28. The van der Waals surface area contributed by atoms with E-state index in [1.807, 2.05) is 19.1 Å². The van der Waals surface area contributed by atoms with Gasteiger partial charge in [-0.1, -0.05) is 6.07 Å². The molecule has 1 aliphatic heterocycles. The van der Waals surface area contributed by atoms with E-state index < -0.39 is 15.7 Å². The average Bonchev–Trinajstić information content (AvgIpc) is 2.96. The van der Waals surface area contributed by atoms with Gasteiger partial charge in [-0.25, -0.2) is 12.8 Å². The third kappa shape index (κ3) is 4.22. The van der Waals surface area contributed by atoms with Crippen molar-refractivity contribution in [2.75, 3.05) is 28.3 Å².